The summed E-state index contributed by atoms with van der Waals surface area (Å²) in [7, 11) is 1.36. The number of carboxylic acid groups (broad SMARTS) is 1. The van der Waals surface area contributed by atoms with Crippen molar-refractivity contribution in [1.29, 1.82) is 0 Å². The summed E-state index contributed by atoms with van der Waals surface area (Å²) >= 11 is 5.30. The molecule has 0 bridgehead atoms. The molecule has 0 spiro atoms. The molecule has 1 amide bonds. The number of nitrogens with zero attached hydrogens (tertiary/aromatic N) is 2. The molecule has 2 aliphatic heterocycles. The van der Waals surface area contributed by atoms with Crippen molar-refractivity contribution in [3.63, 3.8) is 0 Å². The van der Waals surface area contributed by atoms with Crippen LogP contribution in [0.2, 0.25) is 0 Å². The number of piperidine rings is 1. The third-order valence-corrected chi connectivity index (χ3v) is 4.79. The maximum atomic E-state index is 12.4. The predicted molar refractivity (Wildman–Crippen MR) is 89.9 cm³/mol. The number of rotatable bonds is 5. The molecule has 2 N–H and O–H groups in total. The second kappa shape index (κ2) is 6.85. The van der Waals surface area contributed by atoms with Crippen molar-refractivity contribution in [3.8, 4) is 0 Å². The summed E-state index contributed by atoms with van der Waals surface area (Å²) in [5.41, 5.74) is 0.952. The molecular weight excluding hydrogens is 346 g/mol. The Morgan fingerprint density at radius 3 is 2.72 bits per heavy atom. The first kappa shape index (κ1) is 17.4. The number of nitrogens with one attached hydrogen (secondary N) is 1. The molecule has 2 aliphatic rings. The fourth-order valence-electron chi connectivity index (χ4n) is 3.31. The van der Waals surface area contributed by atoms with E-state index in [9.17, 15) is 19.5 Å². The van der Waals surface area contributed by atoms with Gasteiger partial charge in [0, 0.05) is 32.3 Å². The number of carbonyl (C=O) groups is 3. The molecule has 0 aromatic carbocycles. The third kappa shape index (κ3) is 3.12. The zero-order chi connectivity index (χ0) is 18.1. The summed E-state index contributed by atoms with van der Waals surface area (Å²) in [6, 6.07) is 1.07. The van der Waals surface area contributed by atoms with Crippen LogP contribution in [-0.4, -0.2) is 69.0 Å². The Kier molecular flexibility index (Phi) is 4.78. The monoisotopic (exact) mass is 363 g/mol. The number of fused-ring (bicyclic) bond motifs is 1. The molecule has 8 nitrogen and oxygen atoms in total. The highest BCUT2D eigenvalue weighted by molar-refractivity contribution is 7.80. The first-order valence-electron chi connectivity index (χ1n) is 7.73. The molecule has 1 aromatic rings. The second-order valence-electron chi connectivity index (χ2n) is 5.99. The van der Waals surface area contributed by atoms with Gasteiger partial charge in [-0.15, -0.1) is 0 Å². The Bertz CT molecular complexity index is 726. The molecule has 132 valence electrons. The van der Waals surface area contributed by atoms with Gasteiger partial charge in [-0.25, -0.2) is 4.79 Å². The first-order chi connectivity index (χ1) is 11.9. The van der Waals surface area contributed by atoms with Gasteiger partial charge < -0.3 is 20.1 Å². The number of Topliss-reactive ketones (excluding diaryl/α,β-unsaturated/α-hetero) is 1. The van der Waals surface area contributed by atoms with Gasteiger partial charge in [-0.1, -0.05) is 12.2 Å². The van der Waals surface area contributed by atoms with Crippen LogP contribution in [-0.2, 0) is 25.5 Å². The molecule has 0 radical (unpaired) electrons. The molecule has 2 fully saturated rings. The maximum absolute atomic E-state index is 12.4. The van der Waals surface area contributed by atoms with Gasteiger partial charge in [0.05, 0.1) is 11.0 Å². The van der Waals surface area contributed by atoms with E-state index in [2.05, 4.69) is 10.3 Å². The van der Waals surface area contributed by atoms with E-state index >= 15 is 0 Å². The molecule has 0 saturated carbocycles. The van der Waals surface area contributed by atoms with Gasteiger partial charge in [-0.2, -0.15) is 0 Å². The molecule has 2 saturated heterocycles. The van der Waals surface area contributed by atoms with Crippen molar-refractivity contribution in [2.75, 3.05) is 7.11 Å². The van der Waals surface area contributed by atoms with Gasteiger partial charge in [0.2, 0.25) is 5.91 Å². The van der Waals surface area contributed by atoms with E-state index in [1.807, 2.05) is 12.1 Å². The summed E-state index contributed by atoms with van der Waals surface area (Å²) in [6.07, 6.45) is 3.17. The molecular formula is C16H17N3O5S. The fourth-order valence-corrected chi connectivity index (χ4v) is 3.60. The average molecular weight is 363 g/mol. The van der Waals surface area contributed by atoms with Crippen LogP contribution in [0.1, 0.15) is 12.0 Å². The van der Waals surface area contributed by atoms with Crippen molar-refractivity contribution < 1.29 is 24.2 Å². The van der Waals surface area contributed by atoms with Gasteiger partial charge in [-0.3, -0.25) is 14.6 Å². The topological polar surface area (TPSA) is 109 Å². The minimum atomic E-state index is -1.50. The maximum Gasteiger partial charge on any atom is 0.334 e. The van der Waals surface area contributed by atoms with E-state index in [0.717, 1.165) is 10.5 Å². The highest BCUT2D eigenvalue weighted by Gasteiger charge is 2.59. The Hall–Kier alpha value is -2.39. The molecule has 25 heavy (non-hydrogen) atoms. The normalized spacial score (nSPS) is 28.1. The minimum Gasteiger partial charge on any atom is -0.479 e. The summed E-state index contributed by atoms with van der Waals surface area (Å²) in [5, 5.41) is 12.3. The number of hydrogen-bond acceptors (Lipinski definition) is 6. The number of amides is 1. The Balaban J connectivity index is 1.70. The van der Waals surface area contributed by atoms with E-state index in [4.69, 9.17) is 17.0 Å². The number of carboxylic acids is 1. The van der Waals surface area contributed by atoms with Gasteiger partial charge >= 0.3 is 5.97 Å². The quantitative estimate of drug-likeness (QED) is 0.412. The Morgan fingerprint density at radius 1 is 1.44 bits per heavy atom. The number of ketones is 1. The van der Waals surface area contributed by atoms with Gasteiger partial charge in [0.25, 0.3) is 0 Å². The Morgan fingerprint density at radius 2 is 2.12 bits per heavy atom. The van der Waals surface area contributed by atoms with Crippen LogP contribution in [0.5, 0.6) is 0 Å². The van der Waals surface area contributed by atoms with E-state index in [1.54, 1.807) is 12.4 Å². The zero-order valence-corrected chi connectivity index (χ0v) is 14.2. The molecule has 9 heteroatoms. The summed E-state index contributed by atoms with van der Waals surface area (Å²) in [6.45, 7) is 0. The lowest BCUT2D eigenvalue weighted by Gasteiger charge is -2.53. The number of thiocarbonyl (C=S) groups is 1. The van der Waals surface area contributed by atoms with Crippen molar-refractivity contribution in [3.05, 3.63) is 30.1 Å². The van der Waals surface area contributed by atoms with E-state index in [0.29, 0.717) is 11.4 Å². The number of aromatic nitrogens is 1. The van der Waals surface area contributed by atoms with E-state index in [1.165, 1.54) is 7.11 Å². The molecule has 0 aliphatic carbocycles. The van der Waals surface area contributed by atoms with Crippen molar-refractivity contribution >= 4 is 34.9 Å². The third-order valence-electron chi connectivity index (χ3n) is 4.53. The molecule has 4 atom stereocenters. The smallest absolute Gasteiger partial charge is 0.334 e. The first-order valence-corrected chi connectivity index (χ1v) is 8.14. The van der Waals surface area contributed by atoms with E-state index < -0.39 is 41.9 Å². The standard InChI is InChI=1S/C16H17N3O5S/c1-24-10-7-9-12(15(21)19(9)13(14(10)20)16(22)23)18-11(25)6-8-2-4-17-5-3-8/h2-5,9-10,12-13H,6-7H2,1H3,(H,18,25)(H,22,23)/t9-,10+,12-,13+/m0/s1. The van der Waals surface area contributed by atoms with Crippen LogP contribution in [0.3, 0.4) is 0 Å². The summed E-state index contributed by atoms with van der Waals surface area (Å²) < 4.78 is 5.10. The van der Waals surface area contributed by atoms with Crippen molar-refractivity contribution in [1.82, 2.24) is 15.2 Å². The van der Waals surface area contributed by atoms with Crippen LogP contribution >= 0.6 is 12.2 Å². The Labute approximate surface area is 149 Å². The molecule has 3 heterocycles. The van der Waals surface area contributed by atoms with Gasteiger partial charge in [0.1, 0.15) is 12.1 Å². The van der Waals surface area contributed by atoms with Gasteiger partial charge in [0.15, 0.2) is 11.8 Å². The largest absolute Gasteiger partial charge is 0.479 e. The molecule has 3 rings (SSSR count). The summed E-state index contributed by atoms with van der Waals surface area (Å²) in [5.74, 6) is -2.38. The van der Waals surface area contributed by atoms with E-state index in [-0.39, 0.29) is 6.42 Å². The fraction of sp³-hybridized carbons (Fsp3) is 0.438. The highest BCUT2D eigenvalue weighted by atomic mass is 32.1. The molecule has 0 unspecified atom stereocenters. The van der Waals surface area contributed by atoms with Crippen molar-refractivity contribution in [2.45, 2.75) is 37.1 Å². The number of hydrogen-bond donors (Lipinski definition) is 2. The van der Waals surface area contributed by atoms with Crippen LogP contribution in [0.25, 0.3) is 0 Å². The lowest BCUT2D eigenvalue weighted by Crippen LogP contribution is -2.78. The number of pyridine rings is 1. The summed E-state index contributed by atoms with van der Waals surface area (Å²) in [4.78, 5) is 41.5. The van der Waals surface area contributed by atoms with Crippen LogP contribution in [0.15, 0.2) is 24.5 Å². The number of aliphatic carboxylic acids is 1. The molecule has 1 aromatic heterocycles. The number of ether oxygens (including phenoxy) is 1. The van der Waals surface area contributed by atoms with Crippen LogP contribution < -0.4 is 5.32 Å². The predicted octanol–water partition coefficient (Wildman–Crippen LogP) is -0.438. The van der Waals surface area contributed by atoms with Crippen molar-refractivity contribution in [2.24, 2.45) is 0 Å². The lowest BCUT2D eigenvalue weighted by atomic mass is 9.80. The minimum absolute atomic E-state index is 0.250. The number of carbonyl (C=O) groups excluding carboxylic acids is 2. The average Bonchev–Trinajstić information content (AvgIpc) is 2.60. The SMILES string of the molecule is CO[C@@H]1C[C@H]2[C@H](NC(=S)Cc3ccncc3)C(=O)N2[C@@H](C(=O)O)C1=O. The lowest BCUT2D eigenvalue weighted by molar-refractivity contribution is -0.179. The van der Waals surface area contributed by atoms with Gasteiger partial charge in [-0.05, 0) is 17.7 Å². The number of β-lactam (4-membered cyclic amide) rings is 1. The highest BCUT2D eigenvalue weighted by Crippen LogP contribution is 2.33. The van der Waals surface area contributed by atoms with Crippen LogP contribution in [0.4, 0.5) is 0 Å². The zero-order valence-electron chi connectivity index (χ0n) is 13.4. The number of methoxy groups -OCH3 is 1. The van der Waals surface area contributed by atoms with Crippen LogP contribution in [0, 0.1) is 0 Å². The second-order valence-corrected chi connectivity index (χ2v) is 6.49.